The van der Waals surface area contributed by atoms with Gasteiger partial charge in [-0.1, -0.05) is 35.9 Å². The second-order valence-electron chi connectivity index (χ2n) is 8.85. The van der Waals surface area contributed by atoms with Crippen LogP contribution in [0, 0.1) is 35.5 Å². The number of hydrogen-bond donors (Lipinski definition) is 0. The molecule has 6 atom stereocenters. The second kappa shape index (κ2) is 6.79. The number of rotatable bonds is 5. The number of anilines is 1. The molecule has 0 unspecified atom stereocenters. The van der Waals surface area contributed by atoms with Crippen LogP contribution in [0.2, 0.25) is 5.02 Å². The van der Waals surface area contributed by atoms with Crippen LogP contribution >= 0.6 is 11.6 Å². The van der Waals surface area contributed by atoms with Gasteiger partial charge in [0.15, 0.2) is 12.4 Å². The molecule has 5 nitrogen and oxygen atoms in total. The van der Waals surface area contributed by atoms with Gasteiger partial charge in [-0.15, -0.1) is 0 Å². The standard InChI is InChI=1S/C25H20ClNO4/c26-14-7-5-13(6-8-14)20(28)12-31-21-4-2-1-3-19(21)27-24(29)22-15-9-10-16(18-11-17(15)18)23(22)25(27)30/h1-10,15-18,22-23H,11-12H2/t15-,16-,17-,18+,22+,23+/m1/s1. The third kappa shape index (κ3) is 2.79. The first-order chi connectivity index (χ1) is 15.0. The normalized spacial score (nSPS) is 32.1. The molecule has 2 saturated carbocycles. The van der Waals surface area contributed by atoms with E-state index in [1.807, 2.05) is 0 Å². The summed E-state index contributed by atoms with van der Waals surface area (Å²) in [5.41, 5.74) is 0.909. The van der Waals surface area contributed by atoms with Crippen molar-refractivity contribution in [1.82, 2.24) is 0 Å². The lowest BCUT2D eigenvalue weighted by molar-refractivity contribution is -0.124. The number of carbonyl (C=O) groups is 3. The van der Waals surface area contributed by atoms with Gasteiger partial charge in [-0.05, 0) is 66.5 Å². The Hall–Kier alpha value is -2.92. The maximum absolute atomic E-state index is 13.4. The van der Waals surface area contributed by atoms with Crippen molar-refractivity contribution in [2.24, 2.45) is 35.5 Å². The first-order valence-electron chi connectivity index (χ1n) is 10.6. The largest absolute Gasteiger partial charge is 0.483 e. The highest BCUT2D eigenvalue weighted by atomic mass is 35.5. The van der Waals surface area contributed by atoms with Crippen LogP contribution < -0.4 is 9.64 Å². The van der Waals surface area contributed by atoms with Crippen molar-refractivity contribution in [2.45, 2.75) is 6.42 Å². The van der Waals surface area contributed by atoms with E-state index in [0.29, 0.717) is 33.9 Å². The summed E-state index contributed by atoms with van der Waals surface area (Å²) in [6.07, 6.45) is 5.44. The zero-order valence-electron chi connectivity index (χ0n) is 16.6. The summed E-state index contributed by atoms with van der Waals surface area (Å²) in [6.45, 7) is -0.196. The van der Waals surface area contributed by atoms with Crippen LogP contribution in [0.1, 0.15) is 16.8 Å². The number of imide groups is 1. The Morgan fingerprint density at radius 2 is 1.55 bits per heavy atom. The van der Waals surface area contributed by atoms with Crippen molar-refractivity contribution in [3.63, 3.8) is 0 Å². The minimum Gasteiger partial charge on any atom is -0.483 e. The highest BCUT2D eigenvalue weighted by Crippen LogP contribution is 2.65. The molecule has 0 radical (unpaired) electrons. The lowest BCUT2D eigenvalue weighted by Crippen LogP contribution is -2.40. The van der Waals surface area contributed by atoms with Gasteiger partial charge in [-0.2, -0.15) is 0 Å². The molecule has 6 heteroatoms. The molecule has 1 heterocycles. The van der Waals surface area contributed by atoms with E-state index in [2.05, 4.69) is 12.2 Å². The molecular formula is C25H20ClNO4. The number of allylic oxidation sites excluding steroid dienone is 2. The molecule has 31 heavy (non-hydrogen) atoms. The summed E-state index contributed by atoms with van der Waals surface area (Å²) < 4.78 is 5.80. The smallest absolute Gasteiger partial charge is 0.238 e. The number of halogens is 1. The number of Topliss-reactive ketones (excluding diaryl/α,β-unsaturated/α-hetero) is 1. The average Bonchev–Trinajstić information content (AvgIpc) is 3.56. The molecule has 3 fully saturated rings. The molecule has 0 aromatic heterocycles. The Kier molecular flexibility index (Phi) is 4.12. The van der Waals surface area contributed by atoms with E-state index in [0.717, 1.165) is 6.42 Å². The minimum atomic E-state index is -0.269. The molecule has 2 aromatic rings. The Balaban J connectivity index is 1.26. The lowest BCUT2D eigenvalue weighted by Gasteiger charge is -2.37. The maximum Gasteiger partial charge on any atom is 0.238 e. The molecule has 1 aliphatic heterocycles. The molecule has 0 spiro atoms. The second-order valence-corrected chi connectivity index (χ2v) is 9.29. The van der Waals surface area contributed by atoms with Gasteiger partial charge in [0.2, 0.25) is 11.8 Å². The molecule has 2 amide bonds. The number of benzene rings is 2. The van der Waals surface area contributed by atoms with E-state index in [1.54, 1.807) is 48.5 Å². The minimum absolute atomic E-state index is 0.139. The zero-order chi connectivity index (χ0) is 21.3. The number of amides is 2. The molecule has 0 N–H and O–H groups in total. The molecular weight excluding hydrogens is 414 g/mol. The van der Waals surface area contributed by atoms with E-state index in [9.17, 15) is 14.4 Å². The van der Waals surface area contributed by atoms with Crippen molar-refractivity contribution >= 4 is 34.9 Å². The zero-order valence-corrected chi connectivity index (χ0v) is 17.4. The summed E-state index contributed by atoms with van der Waals surface area (Å²) in [6, 6.07) is 13.5. The van der Waals surface area contributed by atoms with Gasteiger partial charge < -0.3 is 4.74 Å². The topological polar surface area (TPSA) is 63.7 Å². The molecule has 2 aromatic carbocycles. The van der Waals surface area contributed by atoms with E-state index in [1.165, 1.54) is 4.90 Å². The number of ketones is 1. The number of para-hydroxylation sites is 2. The van der Waals surface area contributed by atoms with E-state index >= 15 is 0 Å². The predicted octanol–water partition coefficient (Wildman–Crippen LogP) is 4.16. The number of ether oxygens (including phenoxy) is 1. The van der Waals surface area contributed by atoms with Crippen molar-refractivity contribution in [1.29, 1.82) is 0 Å². The SMILES string of the molecule is O=C(COc1ccccc1N1C(=O)[C@H]2[C@@H]3C=C[C@H]([C@@H]4C[C@H]34)[C@@H]2C1=O)c1ccc(Cl)cc1. The van der Waals surface area contributed by atoms with Crippen LogP contribution in [0.25, 0.3) is 0 Å². The third-order valence-corrected chi connectivity index (χ3v) is 7.55. The van der Waals surface area contributed by atoms with Gasteiger partial charge in [0.1, 0.15) is 5.75 Å². The maximum atomic E-state index is 13.4. The van der Waals surface area contributed by atoms with Crippen LogP contribution in [-0.4, -0.2) is 24.2 Å². The predicted molar refractivity (Wildman–Crippen MR) is 115 cm³/mol. The lowest BCUT2D eigenvalue weighted by atomic mass is 9.63. The van der Waals surface area contributed by atoms with Gasteiger partial charge in [-0.25, -0.2) is 4.90 Å². The number of hydrogen-bond acceptors (Lipinski definition) is 4. The fourth-order valence-electron chi connectivity index (χ4n) is 5.82. The average molecular weight is 434 g/mol. The monoisotopic (exact) mass is 433 g/mol. The van der Waals surface area contributed by atoms with Gasteiger partial charge in [0.05, 0.1) is 17.5 Å². The summed E-state index contributed by atoms with van der Waals surface area (Å²) in [7, 11) is 0. The van der Waals surface area contributed by atoms with Crippen molar-refractivity contribution in [2.75, 3.05) is 11.5 Å². The Morgan fingerprint density at radius 1 is 0.935 bits per heavy atom. The van der Waals surface area contributed by atoms with Crippen molar-refractivity contribution in [3.05, 3.63) is 71.3 Å². The highest BCUT2D eigenvalue weighted by Gasteiger charge is 2.67. The number of nitrogens with zero attached hydrogens (tertiary/aromatic N) is 1. The van der Waals surface area contributed by atoms with Crippen LogP contribution in [0.3, 0.4) is 0 Å². The Labute approximate surface area is 184 Å². The van der Waals surface area contributed by atoms with E-state index < -0.39 is 0 Å². The van der Waals surface area contributed by atoms with Gasteiger partial charge in [-0.3, -0.25) is 14.4 Å². The molecule has 156 valence electrons. The van der Waals surface area contributed by atoms with Crippen LogP contribution in [0.4, 0.5) is 5.69 Å². The van der Waals surface area contributed by atoms with E-state index in [-0.39, 0.29) is 47.9 Å². The molecule has 7 rings (SSSR count). The molecule has 1 saturated heterocycles. The fourth-order valence-corrected chi connectivity index (χ4v) is 5.95. The fraction of sp³-hybridized carbons (Fsp3) is 0.320. The quantitative estimate of drug-likeness (QED) is 0.403. The summed E-state index contributed by atoms with van der Waals surface area (Å²) in [5, 5.41) is 0.552. The summed E-state index contributed by atoms with van der Waals surface area (Å²) in [4.78, 5) is 40.6. The van der Waals surface area contributed by atoms with Gasteiger partial charge >= 0.3 is 0 Å². The summed E-state index contributed by atoms with van der Waals surface area (Å²) in [5.74, 6) is 0.775. The van der Waals surface area contributed by atoms with Gasteiger partial charge in [0.25, 0.3) is 0 Å². The highest BCUT2D eigenvalue weighted by molar-refractivity contribution is 6.30. The molecule has 4 aliphatic carbocycles. The van der Waals surface area contributed by atoms with Crippen LogP contribution in [0.15, 0.2) is 60.7 Å². The summed E-state index contributed by atoms with van der Waals surface area (Å²) >= 11 is 5.88. The van der Waals surface area contributed by atoms with E-state index in [4.69, 9.17) is 16.3 Å². The van der Waals surface area contributed by atoms with Gasteiger partial charge in [0, 0.05) is 10.6 Å². The van der Waals surface area contributed by atoms with Crippen LogP contribution in [-0.2, 0) is 9.59 Å². The van der Waals surface area contributed by atoms with Crippen molar-refractivity contribution < 1.29 is 19.1 Å². The Bertz CT molecular complexity index is 1100. The third-order valence-electron chi connectivity index (χ3n) is 7.29. The molecule has 5 aliphatic rings. The Morgan fingerprint density at radius 3 is 2.19 bits per heavy atom. The van der Waals surface area contributed by atoms with Crippen molar-refractivity contribution in [3.8, 4) is 5.75 Å². The molecule has 2 bridgehead atoms. The number of carbonyl (C=O) groups excluding carboxylic acids is 3. The van der Waals surface area contributed by atoms with Crippen LogP contribution in [0.5, 0.6) is 5.75 Å². The first-order valence-corrected chi connectivity index (χ1v) is 11.0. The first kappa shape index (κ1) is 18.8.